The molecule has 0 bridgehead atoms. The number of amides is 2. The summed E-state index contributed by atoms with van der Waals surface area (Å²) in [7, 11) is 1.82. The van der Waals surface area contributed by atoms with Gasteiger partial charge in [-0.3, -0.25) is 9.59 Å². The van der Waals surface area contributed by atoms with E-state index in [0.717, 1.165) is 23.1 Å². The molecule has 1 N–H and O–H groups in total. The first kappa shape index (κ1) is 14.8. The van der Waals surface area contributed by atoms with Gasteiger partial charge in [0.1, 0.15) is 5.69 Å². The number of hydrogen-bond donors (Lipinski definition) is 1. The molecule has 0 atom stereocenters. The zero-order valence-corrected chi connectivity index (χ0v) is 13.8. The molecule has 2 amide bonds. The van der Waals surface area contributed by atoms with Gasteiger partial charge in [-0.25, -0.2) is 0 Å². The van der Waals surface area contributed by atoms with E-state index in [1.165, 1.54) is 0 Å². The van der Waals surface area contributed by atoms with E-state index in [9.17, 15) is 9.59 Å². The molecule has 0 spiro atoms. The Hall–Kier alpha value is -2.08. The summed E-state index contributed by atoms with van der Waals surface area (Å²) in [6.45, 7) is 0.737. The van der Waals surface area contributed by atoms with Gasteiger partial charge in [-0.05, 0) is 46.6 Å². The van der Waals surface area contributed by atoms with Crippen LogP contribution in [0.2, 0.25) is 0 Å². The minimum Gasteiger partial charge on any atom is -0.345 e. The molecule has 1 aliphatic rings. The summed E-state index contributed by atoms with van der Waals surface area (Å²) in [4.78, 5) is 25.9. The molecule has 0 aliphatic carbocycles. The minimum absolute atomic E-state index is 0.134. The van der Waals surface area contributed by atoms with E-state index < -0.39 is 0 Å². The fraction of sp³-hybridized carbons (Fsp3) is 0.250. The van der Waals surface area contributed by atoms with E-state index in [0.29, 0.717) is 17.8 Å². The maximum atomic E-state index is 12.3. The third-order valence-corrected chi connectivity index (χ3v) is 4.13. The number of carbonyl (C=O) groups is 2. The lowest BCUT2D eigenvalue weighted by Crippen LogP contribution is -2.23. The Morgan fingerprint density at radius 1 is 1.32 bits per heavy atom. The van der Waals surface area contributed by atoms with Crippen molar-refractivity contribution in [2.45, 2.75) is 12.8 Å². The molecule has 0 radical (unpaired) electrons. The van der Waals surface area contributed by atoms with Crippen LogP contribution in [0, 0.1) is 0 Å². The standard InChI is InChI=1S/C16H16BrN3O2/c1-19-10-11(17)8-14(19)16(22)18-12-4-2-5-13(9-12)20-7-3-6-15(20)21/h2,4-5,8-10H,3,6-7H2,1H3,(H,18,22). The molecule has 22 heavy (non-hydrogen) atoms. The molecule has 1 aliphatic heterocycles. The first-order chi connectivity index (χ1) is 10.5. The van der Waals surface area contributed by atoms with E-state index in [2.05, 4.69) is 21.2 Å². The normalized spacial score (nSPS) is 14.5. The molecule has 5 nitrogen and oxygen atoms in total. The number of benzene rings is 1. The van der Waals surface area contributed by atoms with Gasteiger partial charge in [-0.2, -0.15) is 0 Å². The second-order valence-corrected chi connectivity index (χ2v) is 6.22. The molecule has 1 aromatic heterocycles. The van der Waals surface area contributed by atoms with Crippen LogP contribution in [0.5, 0.6) is 0 Å². The number of nitrogens with zero attached hydrogens (tertiary/aromatic N) is 2. The predicted octanol–water partition coefficient (Wildman–Crippen LogP) is 3.17. The van der Waals surface area contributed by atoms with Gasteiger partial charge in [-0.15, -0.1) is 0 Å². The van der Waals surface area contributed by atoms with Gasteiger partial charge >= 0.3 is 0 Å². The Labute approximate surface area is 137 Å². The van der Waals surface area contributed by atoms with Crippen molar-refractivity contribution in [1.82, 2.24) is 4.57 Å². The van der Waals surface area contributed by atoms with Crippen LogP contribution in [0.15, 0.2) is 41.0 Å². The van der Waals surface area contributed by atoms with Crippen molar-refractivity contribution < 1.29 is 9.59 Å². The number of carbonyl (C=O) groups excluding carboxylic acids is 2. The van der Waals surface area contributed by atoms with Gasteiger partial charge in [0, 0.05) is 42.1 Å². The summed E-state index contributed by atoms with van der Waals surface area (Å²) in [5, 5.41) is 2.87. The van der Waals surface area contributed by atoms with Crippen LogP contribution in [-0.2, 0) is 11.8 Å². The van der Waals surface area contributed by atoms with E-state index in [4.69, 9.17) is 0 Å². The third-order valence-electron chi connectivity index (χ3n) is 3.69. The fourth-order valence-corrected chi connectivity index (χ4v) is 3.14. The second-order valence-electron chi connectivity index (χ2n) is 5.31. The molecule has 6 heteroatoms. The maximum absolute atomic E-state index is 12.3. The molecule has 1 saturated heterocycles. The summed E-state index contributed by atoms with van der Waals surface area (Å²) < 4.78 is 2.62. The molecule has 114 valence electrons. The highest BCUT2D eigenvalue weighted by Crippen LogP contribution is 2.24. The lowest BCUT2D eigenvalue weighted by atomic mass is 10.2. The molecule has 1 aromatic carbocycles. The Morgan fingerprint density at radius 2 is 2.14 bits per heavy atom. The highest BCUT2D eigenvalue weighted by atomic mass is 79.9. The van der Waals surface area contributed by atoms with Crippen molar-refractivity contribution in [1.29, 1.82) is 0 Å². The molecular formula is C16H16BrN3O2. The molecule has 0 saturated carbocycles. The Kier molecular flexibility index (Phi) is 4.02. The van der Waals surface area contributed by atoms with Crippen LogP contribution in [-0.4, -0.2) is 22.9 Å². The molecule has 3 rings (SSSR count). The van der Waals surface area contributed by atoms with Crippen molar-refractivity contribution >= 4 is 39.1 Å². The number of halogens is 1. The zero-order valence-electron chi connectivity index (χ0n) is 12.2. The van der Waals surface area contributed by atoms with Gasteiger partial charge in [-0.1, -0.05) is 6.07 Å². The highest BCUT2D eigenvalue weighted by Gasteiger charge is 2.22. The predicted molar refractivity (Wildman–Crippen MR) is 89.1 cm³/mol. The van der Waals surface area contributed by atoms with Gasteiger partial charge < -0.3 is 14.8 Å². The third kappa shape index (κ3) is 2.92. The van der Waals surface area contributed by atoms with Crippen molar-refractivity contribution in [2.75, 3.05) is 16.8 Å². The molecule has 1 fully saturated rings. The second kappa shape index (κ2) is 5.96. The average molecular weight is 362 g/mol. The lowest BCUT2D eigenvalue weighted by molar-refractivity contribution is -0.117. The summed E-state index contributed by atoms with van der Waals surface area (Å²) in [6, 6.07) is 9.15. The van der Waals surface area contributed by atoms with Crippen LogP contribution in [0.1, 0.15) is 23.3 Å². The average Bonchev–Trinajstić information content (AvgIpc) is 3.04. The molecule has 0 unspecified atom stereocenters. The summed E-state index contributed by atoms with van der Waals surface area (Å²) in [5.41, 5.74) is 2.07. The smallest absolute Gasteiger partial charge is 0.272 e. The fourth-order valence-electron chi connectivity index (χ4n) is 2.62. The first-order valence-electron chi connectivity index (χ1n) is 7.08. The number of nitrogens with one attached hydrogen (secondary N) is 1. The number of aromatic nitrogens is 1. The quantitative estimate of drug-likeness (QED) is 0.912. The lowest BCUT2D eigenvalue weighted by Gasteiger charge is -2.16. The number of anilines is 2. The number of aryl methyl sites for hydroxylation is 1. The van der Waals surface area contributed by atoms with Crippen LogP contribution in [0.4, 0.5) is 11.4 Å². The number of rotatable bonds is 3. The summed E-state index contributed by atoms with van der Waals surface area (Å²) in [6.07, 6.45) is 3.30. The van der Waals surface area contributed by atoms with E-state index in [1.54, 1.807) is 15.5 Å². The molecule has 2 aromatic rings. The van der Waals surface area contributed by atoms with Crippen molar-refractivity contribution in [3.63, 3.8) is 0 Å². The van der Waals surface area contributed by atoms with E-state index >= 15 is 0 Å². The van der Waals surface area contributed by atoms with Crippen LogP contribution in [0.25, 0.3) is 0 Å². The van der Waals surface area contributed by atoms with E-state index in [-0.39, 0.29) is 11.8 Å². The van der Waals surface area contributed by atoms with Crippen molar-refractivity contribution in [3.8, 4) is 0 Å². The minimum atomic E-state index is -0.182. The monoisotopic (exact) mass is 361 g/mol. The van der Waals surface area contributed by atoms with Gasteiger partial charge in [0.15, 0.2) is 0 Å². The van der Waals surface area contributed by atoms with Crippen molar-refractivity contribution in [2.24, 2.45) is 7.05 Å². The molecule has 2 heterocycles. The number of hydrogen-bond acceptors (Lipinski definition) is 2. The zero-order chi connectivity index (χ0) is 15.7. The summed E-state index contributed by atoms with van der Waals surface area (Å²) in [5.74, 6) is -0.0482. The Bertz CT molecular complexity index is 739. The topological polar surface area (TPSA) is 54.3 Å². The Balaban J connectivity index is 1.79. The van der Waals surface area contributed by atoms with Crippen LogP contribution >= 0.6 is 15.9 Å². The first-order valence-corrected chi connectivity index (χ1v) is 7.87. The highest BCUT2D eigenvalue weighted by molar-refractivity contribution is 9.10. The Morgan fingerprint density at radius 3 is 2.77 bits per heavy atom. The summed E-state index contributed by atoms with van der Waals surface area (Å²) >= 11 is 3.35. The van der Waals surface area contributed by atoms with Gasteiger partial charge in [0.05, 0.1) is 0 Å². The van der Waals surface area contributed by atoms with E-state index in [1.807, 2.05) is 37.5 Å². The van der Waals surface area contributed by atoms with Gasteiger partial charge in [0.25, 0.3) is 5.91 Å². The van der Waals surface area contributed by atoms with Gasteiger partial charge in [0.2, 0.25) is 5.91 Å². The van der Waals surface area contributed by atoms with Crippen LogP contribution < -0.4 is 10.2 Å². The maximum Gasteiger partial charge on any atom is 0.272 e. The van der Waals surface area contributed by atoms with Crippen LogP contribution in [0.3, 0.4) is 0 Å². The SMILES string of the molecule is Cn1cc(Br)cc1C(=O)Nc1cccc(N2CCCC2=O)c1. The van der Waals surface area contributed by atoms with Crippen molar-refractivity contribution in [3.05, 3.63) is 46.7 Å². The largest absolute Gasteiger partial charge is 0.345 e. The molecular weight excluding hydrogens is 346 g/mol.